The molecule has 0 atom stereocenters. The number of carbonyl (C=O) groups excluding carboxylic acids is 1. The predicted molar refractivity (Wildman–Crippen MR) is 78.5 cm³/mol. The van der Waals surface area contributed by atoms with Crippen LogP contribution < -0.4 is 14.8 Å². The lowest BCUT2D eigenvalue weighted by Crippen LogP contribution is -2.20. The molecule has 2 aromatic carbocycles. The minimum absolute atomic E-state index is 0.0543. The number of benzene rings is 2. The maximum atomic E-state index is 13.5. The van der Waals surface area contributed by atoms with Crippen LogP contribution in [0.2, 0.25) is 5.02 Å². The molecule has 4 nitrogen and oxygen atoms in total. The molecule has 0 aliphatic rings. The van der Waals surface area contributed by atoms with E-state index in [2.05, 4.69) is 5.32 Å². The summed E-state index contributed by atoms with van der Waals surface area (Å²) >= 11 is 5.63. The van der Waals surface area contributed by atoms with Crippen LogP contribution in [0.3, 0.4) is 0 Å². The highest BCUT2D eigenvalue weighted by Crippen LogP contribution is 2.20. The van der Waals surface area contributed by atoms with Gasteiger partial charge in [-0.25, -0.2) is 4.39 Å². The van der Waals surface area contributed by atoms with Crippen LogP contribution >= 0.6 is 11.6 Å². The van der Waals surface area contributed by atoms with Crippen molar-refractivity contribution in [2.45, 2.75) is 0 Å². The molecular weight excluding hydrogens is 297 g/mol. The van der Waals surface area contributed by atoms with Crippen molar-refractivity contribution in [3.8, 4) is 11.5 Å². The van der Waals surface area contributed by atoms with Gasteiger partial charge in [0.05, 0.1) is 12.8 Å². The molecular formula is C15H13ClFNO3. The minimum atomic E-state index is -0.600. The zero-order chi connectivity index (χ0) is 15.2. The Morgan fingerprint density at radius 1 is 1.24 bits per heavy atom. The molecule has 0 bridgehead atoms. The highest BCUT2D eigenvalue weighted by molar-refractivity contribution is 6.30. The third kappa shape index (κ3) is 4.36. The molecule has 0 radical (unpaired) electrons. The molecule has 2 rings (SSSR count). The third-order valence-electron chi connectivity index (χ3n) is 2.62. The molecule has 21 heavy (non-hydrogen) atoms. The zero-order valence-corrected chi connectivity index (χ0v) is 12.0. The summed E-state index contributed by atoms with van der Waals surface area (Å²) in [6.45, 7) is -0.241. The van der Waals surface area contributed by atoms with Crippen LogP contribution in [0, 0.1) is 5.82 Å². The van der Waals surface area contributed by atoms with E-state index in [0.29, 0.717) is 11.5 Å². The van der Waals surface area contributed by atoms with Gasteiger partial charge in [-0.05, 0) is 30.3 Å². The highest BCUT2D eigenvalue weighted by atomic mass is 35.5. The van der Waals surface area contributed by atoms with Gasteiger partial charge >= 0.3 is 0 Å². The van der Waals surface area contributed by atoms with E-state index in [4.69, 9.17) is 21.1 Å². The Bertz CT molecular complexity index is 649. The summed E-state index contributed by atoms with van der Waals surface area (Å²) in [5, 5.41) is 2.67. The van der Waals surface area contributed by atoms with E-state index in [-0.39, 0.29) is 17.3 Å². The number of hydrogen-bond donors (Lipinski definition) is 1. The van der Waals surface area contributed by atoms with Crippen molar-refractivity contribution >= 4 is 23.2 Å². The lowest BCUT2D eigenvalue weighted by atomic mass is 10.3. The molecule has 0 saturated heterocycles. The van der Waals surface area contributed by atoms with Crippen molar-refractivity contribution < 1.29 is 18.7 Å². The number of rotatable bonds is 5. The summed E-state index contributed by atoms with van der Waals surface area (Å²) in [4.78, 5) is 11.7. The standard InChI is InChI=1S/C15H13ClFNO3/c1-20-11-3-2-4-12(8-11)21-9-15(19)18-14-6-5-10(16)7-13(14)17/h2-8H,9H2,1H3,(H,18,19). The van der Waals surface area contributed by atoms with Gasteiger partial charge in [-0.1, -0.05) is 17.7 Å². The van der Waals surface area contributed by atoms with Gasteiger partial charge in [0.2, 0.25) is 0 Å². The number of methoxy groups -OCH3 is 1. The van der Waals surface area contributed by atoms with Crippen molar-refractivity contribution in [2.24, 2.45) is 0 Å². The summed E-state index contributed by atoms with van der Waals surface area (Å²) in [6, 6.07) is 10.8. The van der Waals surface area contributed by atoms with Crippen LogP contribution in [-0.4, -0.2) is 19.6 Å². The van der Waals surface area contributed by atoms with Crippen LogP contribution in [0.1, 0.15) is 0 Å². The first kappa shape index (κ1) is 15.1. The normalized spacial score (nSPS) is 10.0. The van der Waals surface area contributed by atoms with Gasteiger partial charge in [0.1, 0.15) is 17.3 Å². The van der Waals surface area contributed by atoms with E-state index < -0.39 is 11.7 Å². The van der Waals surface area contributed by atoms with Crippen LogP contribution in [0.25, 0.3) is 0 Å². The molecule has 0 unspecified atom stereocenters. The highest BCUT2D eigenvalue weighted by Gasteiger charge is 2.08. The fourth-order valence-corrected chi connectivity index (χ4v) is 1.78. The number of ether oxygens (including phenoxy) is 2. The molecule has 2 aromatic rings. The van der Waals surface area contributed by atoms with Gasteiger partial charge in [0.25, 0.3) is 5.91 Å². The fourth-order valence-electron chi connectivity index (χ4n) is 1.62. The molecule has 0 aliphatic carbocycles. The second kappa shape index (κ2) is 6.95. The van der Waals surface area contributed by atoms with Gasteiger partial charge in [-0.15, -0.1) is 0 Å². The second-order valence-electron chi connectivity index (χ2n) is 4.14. The summed E-state index contributed by atoms with van der Waals surface area (Å²) in [5.41, 5.74) is 0.0543. The number of amides is 1. The predicted octanol–water partition coefficient (Wildman–Crippen LogP) is 3.51. The lowest BCUT2D eigenvalue weighted by molar-refractivity contribution is -0.118. The largest absolute Gasteiger partial charge is 0.497 e. The smallest absolute Gasteiger partial charge is 0.262 e. The van der Waals surface area contributed by atoms with Crippen LogP contribution in [0.5, 0.6) is 11.5 Å². The van der Waals surface area contributed by atoms with Crippen molar-refractivity contribution in [1.29, 1.82) is 0 Å². The Labute approximate surface area is 126 Å². The molecule has 0 spiro atoms. The van der Waals surface area contributed by atoms with E-state index in [1.54, 1.807) is 24.3 Å². The SMILES string of the molecule is COc1cccc(OCC(=O)Nc2ccc(Cl)cc2F)c1. The molecule has 0 aromatic heterocycles. The molecule has 0 fully saturated rings. The molecule has 110 valence electrons. The molecule has 6 heteroatoms. The summed E-state index contributed by atoms with van der Waals surface area (Å²) in [7, 11) is 1.54. The van der Waals surface area contributed by atoms with Crippen molar-refractivity contribution in [3.05, 3.63) is 53.3 Å². The Morgan fingerprint density at radius 3 is 2.71 bits per heavy atom. The monoisotopic (exact) mass is 309 g/mol. The van der Waals surface area contributed by atoms with Crippen molar-refractivity contribution in [3.63, 3.8) is 0 Å². The molecule has 1 amide bonds. The first-order valence-electron chi connectivity index (χ1n) is 6.10. The Kier molecular flexibility index (Phi) is 5.00. The second-order valence-corrected chi connectivity index (χ2v) is 4.58. The fraction of sp³-hybridized carbons (Fsp3) is 0.133. The first-order valence-corrected chi connectivity index (χ1v) is 6.48. The van der Waals surface area contributed by atoms with Crippen molar-refractivity contribution in [1.82, 2.24) is 0 Å². The van der Waals surface area contributed by atoms with Gasteiger partial charge < -0.3 is 14.8 Å². The number of anilines is 1. The topological polar surface area (TPSA) is 47.6 Å². The average Bonchev–Trinajstić information content (AvgIpc) is 2.48. The number of halogens is 2. The van der Waals surface area contributed by atoms with E-state index >= 15 is 0 Å². The Hall–Kier alpha value is -2.27. The summed E-state index contributed by atoms with van der Waals surface area (Å²) in [5.74, 6) is 0.0361. The number of hydrogen-bond acceptors (Lipinski definition) is 3. The summed E-state index contributed by atoms with van der Waals surface area (Å²) < 4.78 is 23.9. The van der Waals surface area contributed by atoms with Gasteiger partial charge in [-0.3, -0.25) is 4.79 Å². The van der Waals surface area contributed by atoms with Crippen LogP contribution in [-0.2, 0) is 4.79 Å². The molecule has 1 N–H and O–H groups in total. The van der Waals surface area contributed by atoms with Crippen molar-refractivity contribution in [2.75, 3.05) is 19.0 Å². The maximum Gasteiger partial charge on any atom is 0.262 e. The van der Waals surface area contributed by atoms with E-state index in [0.717, 1.165) is 6.07 Å². The first-order chi connectivity index (χ1) is 10.1. The molecule has 0 aliphatic heterocycles. The number of carbonyl (C=O) groups is 1. The van der Waals surface area contributed by atoms with Crippen LogP contribution in [0.15, 0.2) is 42.5 Å². The van der Waals surface area contributed by atoms with Gasteiger partial charge in [0.15, 0.2) is 6.61 Å². The minimum Gasteiger partial charge on any atom is -0.497 e. The van der Waals surface area contributed by atoms with E-state index in [1.165, 1.54) is 19.2 Å². The van der Waals surface area contributed by atoms with Gasteiger partial charge in [-0.2, -0.15) is 0 Å². The summed E-state index contributed by atoms with van der Waals surface area (Å²) in [6.07, 6.45) is 0. The molecule has 0 heterocycles. The lowest BCUT2D eigenvalue weighted by Gasteiger charge is -2.09. The maximum absolute atomic E-state index is 13.5. The van der Waals surface area contributed by atoms with Gasteiger partial charge in [0, 0.05) is 11.1 Å². The van der Waals surface area contributed by atoms with Crippen LogP contribution in [0.4, 0.5) is 10.1 Å². The average molecular weight is 310 g/mol. The third-order valence-corrected chi connectivity index (χ3v) is 2.85. The Balaban J connectivity index is 1.92. The van der Waals surface area contributed by atoms with E-state index in [9.17, 15) is 9.18 Å². The zero-order valence-electron chi connectivity index (χ0n) is 11.2. The molecule has 0 saturated carbocycles. The quantitative estimate of drug-likeness (QED) is 0.919. The number of nitrogens with one attached hydrogen (secondary N) is 1. The van der Waals surface area contributed by atoms with E-state index in [1.807, 2.05) is 0 Å². The Morgan fingerprint density at radius 2 is 2.00 bits per heavy atom.